The first-order valence-electron chi connectivity index (χ1n) is 7.65. The fraction of sp³-hybridized carbons (Fsp3) is 0.500. The van der Waals surface area contributed by atoms with Crippen molar-refractivity contribution in [3.05, 3.63) is 42.2 Å². The molecule has 3 nitrogen and oxygen atoms in total. The van der Waals surface area contributed by atoms with Crippen LogP contribution in [0.1, 0.15) is 45.4 Å². The minimum atomic E-state index is -0.743. The molecule has 0 saturated heterocycles. The first kappa shape index (κ1) is 17.2. The number of carboxylic acids is 1. The maximum atomic E-state index is 11.8. The molecule has 3 heteroatoms. The van der Waals surface area contributed by atoms with Gasteiger partial charge in [0.2, 0.25) is 0 Å². The molecule has 0 aromatic heterocycles. The summed E-state index contributed by atoms with van der Waals surface area (Å²) < 4.78 is 0. The van der Waals surface area contributed by atoms with E-state index in [0.717, 1.165) is 25.7 Å². The van der Waals surface area contributed by atoms with E-state index in [1.165, 1.54) is 0 Å². The number of carbonyl (C=O) groups is 2. The van der Waals surface area contributed by atoms with Crippen LogP contribution in [0, 0.1) is 11.8 Å². The van der Waals surface area contributed by atoms with Gasteiger partial charge in [0.15, 0.2) is 5.78 Å². The predicted molar refractivity (Wildman–Crippen MR) is 83.9 cm³/mol. The predicted octanol–water partition coefficient (Wildman–Crippen LogP) is 4.07. The van der Waals surface area contributed by atoms with Crippen molar-refractivity contribution in [3.8, 4) is 0 Å². The molecular formula is C18H24O3. The third kappa shape index (κ3) is 6.92. The summed E-state index contributed by atoms with van der Waals surface area (Å²) in [5.41, 5.74) is 3.13. The van der Waals surface area contributed by atoms with Gasteiger partial charge in [0.25, 0.3) is 0 Å². The van der Waals surface area contributed by atoms with Gasteiger partial charge in [-0.25, -0.2) is 0 Å². The van der Waals surface area contributed by atoms with Gasteiger partial charge in [-0.15, -0.1) is 5.73 Å². The summed E-state index contributed by atoms with van der Waals surface area (Å²) in [6.45, 7) is 2.08. The monoisotopic (exact) mass is 288 g/mol. The second-order valence-corrected chi connectivity index (χ2v) is 5.24. The zero-order valence-corrected chi connectivity index (χ0v) is 12.6. The summed E-state index contributed by atoms with van der Waals surface area (Å²) in [4.78, 5) is 22.1. The number of ketones is 1. The normalized spacial score (nSPS) is 20.7. The van der Waals surface area contributed by atoms with E-state index >= 15 is 0 Å². The minimum absolute atomic E-state index is 0.0145. The lowest BCUT2D eigenvalue weighted by molar-refractivity contribution is -0.137. The molecule has 2 atom stereocenters. The molecule has 0 aromatic carbocycles. The number of rotatable bonds is 9. The van der Waals surface area contributed by atoms with Gasteiger partial charge in [-0.1, -0.05) is 25.2 Å². The minimum Gasteiger partial charge on any atom is -0.481 e. The molecule has 0 heterocycles. The lowest BCUT2D eigenvalue weighted by atomic mass is 9.91. The third-order valence-electron chi connectivity index (χ3n) is 3.50. The first-order valence-corrected chi connectivity index (χ1v) is 7.65. The van der Waals surface area contributed by atoms with Crippen LogP contribution in [0.5, 0.6) is 0 Å². The second kappa shape index (κ2) is 9.95. The smallest absolute Gasteiger partial charge is 0.303 e. The molecule has 0 aromatic rings. The van der Waals surface area contributed by atoms with Crippen molar-refractivity contribution in [2.24, 2.45) is 11.8 Å². The van der Waals surface area contributed by atoms with Gasteiger partial charge in [0, 0.05) is 18.3 Å². The summed E-state index contributed by atoms with van der Waals surface area (Å²) >= 11 is 0. The molecule has 1 rings (SSSR count). The Kier molecular flexibility index (Phi) is 8.15. The van der Waals surface area contributed by atoms with Crippen molar-refractivity contribution in [2.75, 3.05) is 0 Å². The van der Waals surface area contributed by atoms with E-state index in [0.29, 0.717) is 6.42 Å². The van der Waals surface area contributed by atoms with Crippen LogP contribution in [0.3, 0.4) is 0 Å². The van der Waals surface area contributed by atoms with Crippen LogP contribution in [0.15, 0.2) is 42.2 Å². The van der Waals surface area contributed by atoms with Crippen LogP contribution in [0.2, 0.25) is 0 Å². The van der Waals surface area contributed by atoms with E-state index in [4.69, 9.17) is 5.11 Å². The molecule has 0 bridgehead atoms. The van der Waals surface area contributed by atoms with E-state index in [-0.39, 0.29) is 24.0 Å². The zero-order chi connectivity index (χ0) is 15.5. The van der Waals surface area contributed by atoms with Crippen LogP contribution in [0.25, 0.3) is 0 Å². The molecule has 0 spiro atoms. The molecule has 0 unspecified atom stereocenters. The largest absolute Gasteiger partial charge is 0.481 e. The fourth-order valence-electron chi connectivity index (χ4n) is 2.29. The molecule has 1 aliphatic rings. The highest BCUT2D eigenvalue weighted by Gasteiger charge is 2.26. The molecule has 0 fully saturated rings. The summed E-state index contributed by atoms with van der Waals surface area (Å²) in [7, 11) is 0. The Bertz CT molecular complexity index is 465. The fourth-order valence-corrected chi connectivity index (χ4v) is 2.29. The Labute approximate surface area is 126 Å². The number of carboxylic acid groups (broad SMARTS) is 1. The number of carbonyl (C=O) groups excluding carboxylic acids is 1. The van der Waals surface area contributed by atoms with Crippen LogP contribution in [0.4, 0.5) is 0 Å². The lowest BCUT2D eigenvalue weighted by Crippen LogP contribution is -2.13. The lowest BCUT2D eigenvalue weighted by Gasteiger charge is -2.11. The SMILES string of the molecule is CC/C=C\C[C@@H]1C(=O)C=C[C@H]1C=C=CCCCCC(=O)O. The maximum Gasteiger partial charge on any atom is 0.303 e. The van der Waals surface area contributed by atoms with Crippen LogP contribution >= 0.6 is 0 Å². The molecule has 0 aliphatic heterocycles. The zero-order valence-electron chi connectivity index (χ0n) is 12.6. The average Bonchev–Trinajstić information content (AvgIpc) is 2.79. The highest BCUT2D eigenvalue weighted by atomic mass is 16.4. The topological polar surface area (TPSA) is 54.4 Å². The molecular weight excluding hydrogens is 264 g/mol. The molecule has 0 saturated carbocycles. The summed E-state index contributed by atoms with van der Waals surface area (Å²) in [6, 6.07) is 0. The Morgan fingerprint density at radius 2 is 2.19 bits per heavy atom. The third-order valence-corrected chi connectivity index (χ3v) is 3.50. The quantitative estimate of drug-likeness (QED) is 0.395. The van der Waals surface area contributed by atoms with Crippen molar-refractivity contribution in [1.29, 1.82) is 0 Å². The molecule has 0 radical (unpaired) electrons. The molecule has 114 valence electrons. The number of unbranched alkanes of at least 4 members (excludes halogenated alkanes) is 2. The van der Waals surface area contributed by atoms with Crippen LogP contribution < -0.4 is 0 Å². The Morgan fingerprint density at radius 1 is 1.38 bits per heavy atom. The van der Waals surface area contributed by atoms with Crippen molar-refractivity contribution in [2.45, 2.75) is 45.4 Å². The Balaban J connectivity index is 2.38. The van der Waals surface area contributed by atoms with Crippen molar-refractivity contribution >= 4 is 11.8 Å². The Hall–Kier alpha value is -1.86. The summed E-state index contributed by atoms with van der Waals surface area (Å²) in [5, 5.41) is 8.53. The molecule has 0 amide bonds. The highest BCUT2D eigenvalue weighted by Crippen LogP contribution is 2.26. The summed E-state index contributed by atoms with van der Waals surface area (Å²) in [6.07, 6.45) is 16.0. The standard InChI is InChI=1S/C18H24O3/c1-2-3-7-11-16-15(13-14-17(16)19)10-8-5-4-6-9-12-18(20)21/h3,5,7,10,13-16H,2,4,6,9,11-12H2,1H3,(H,20,21)/b7-3-/t8?,15-,16+/m1/s1. The van der Waals surface area contributed by atoms with E-state index in [9.17, 15) is 9.59 Å². The van der Waals surface area contributed by atoms with Gasteiger partial charge >= 0.3 is 5.97 Å². The Morgan fingerprint density at radius 3 is 2.90 bits per heavy atom. The number of hydrogen-bond donors (Lipinski definition) is 1. The molecule has 1 aliphatic carbocycles. The molecule has 1 N–H and O–H groups in total. The number of aliphatic carboxylic acids is 1. The van der Waals surface area contributed by atoms with Gasteiger partial charge in [-0.3, -0.25) is 9.59 Å². The number of hydrogen-bond acceptors (Lipinski definition) is 2. The average molecular weight is 288 g/mol. The van der Waals surface area contributed by atoms with Crippen molar-refractivity contribution in [3.63, 3.8) is 0 Å². The van der Waals surface area contributed by atoms with Crippen molar-refractivity contribution < 1.29 is 14.7 Å². The van der Waals surface area contributed by atoms with Crippen LogP contribution in [-0.4, -0.2) is 16.9 Å². The number of allylic oxidation sites excluding steroid dienone is 5. The van der Waals surface area contributed by atoms with E-state index in [2.05, 4.69) is 24.8 Å². The van der Waals surface area contributed by atoms with Gasteiger partial charge in [-0.2, -0.15) is 0 Å². The summed E-state index contributed by atoms with van der Waals surface area (Å²) in [5.74, 6) is -0.401. The second-order valence-electron chi connectivity index (χ2n) is 5.24. The van der Waals surface area contributed by atoms with Crippen LogP contribution in [-0.2, 0) is 9.59 Å². The van der Waals surface area contributed by atoms with Crippen molar-refractivity contribution in [1.82, 2.24) is 0 Å². The van der Waals surface area contributed by atoms with E-state index in [1.807, 2.05) is 18.2 Å². The maximum absolute atomic E-state index is 11.8. The highest BCUT2D eigenvalue weighted by molar-refractivity contribution is 5.94. The van der Waals surface area contributed by atoms with E-state index < -0.39 is 5.97 Å². The van der Waals surface area contributed by atoms with Gasteiger partial charge in [0.05, 0.1) is 0 Å². The van der Waals surface area contributed by atoms with E-state index in [1.54, 1.807) is 6.08 Å². The van der Waals surface area contributed by atoms with Gasteiger partial charge in [0.1, 0.15) is 0 Å². The van der Waals surface area contributed by atoms with Gasteiger partial charge < -0.3 is 5.11 Å². The van der Waals surface area contributed by atoms with Gasteiger partial charge in [-0.05, 0) is 50.3 Å². The first-order chi connectivity index (χ1) is 10.1. The molecule has 21 heavy (non-hydrogen) atoms.